The first-order chi connectivity index (χ1) is 13.4. The van der Waals surface area contributed by atoms with Crippen molar-refractivity contribution in [2.24, 2.45) is 0 Å². The van der Waals surface area contributed by atoms with Crippen LogP contribution in [-0.2, 0) is 19.7 Å². The summed E-state index contributed by atoms with van der Waals surface area (Å²) in [7, 11) is -6.48. The largest absolute Gasteiger partial charge is 0.325 e. The summed E-state index contributed by atoms with van der Waals surface area (Å²) in [4.78, 5) is 3.30. The summed E-state index contributed by atoms with van der Waals surface area (Å²) in [5.41, 5.74) is 0. The first-order valence-corrected chi connectivity index (χ1v) is 12.9. The SMILES string of the molecule is O=S(=O)(CC[NH+]1CC[NH+](CCS(=O)(=O)c2ccccc2)CC1)c1ccccc1. The Morgan fingerprint density at radius 2 is 0.893 bits per heavy atom. The van der Waals surface area contributed by atoms with Crippen molar-refractivity contribution in [2.75, 3.05) is 50.8 Å². The number of nitrogens with one attached hydrogen (secondary N) is 2. The number of sulfone groups is 2. The molecular weight excluding hydrogens is 396 g/mol. The molecule has 1 aliphatic rings. The highest BCUT2D eigenvalue weighted by molar-refractivity contribution is 7.91. The van der Waals surface area contributed by atoms with Crippen LogP contribution in [-0.4, -0.2) is 67.6 Å². The molecule has 0 saturated carbocycles. The smallest absolute Gasteiger partial charge is 0.183 e. The van der Waals surface area contributed by atoms with Gasteiger partial charge in [0.05, 0.1) is 22.9 Å². The molecule has 0 unspecified atom stereocenters. The molecule has 0 spiro atoms. The van der Waals surface area contributed by atoms with Gasteiger partial charge in [-0.3, -0.25) is 0 Å². The zero-order valence-corrected chi connectivity index (χ0v) is 17.5. The first kappa shape index (κ1) is 21.0. The lowest BCUT2D eigenvalue weighted by atomic mass is 10.3. The zero-order valence-electron chi connectivity index (χ0n) is 15.9. The molecule has 2 aromatic rings. The quantitative estimate of drug-likeness (QED) is 0.553. The lowest BCUT2D eigenvalue weighted by Crippen LogP contribution is -3.28. The molecule has 6 nitrogen and oxygen atoms in total. The molecule has 1 heterocycles. The molecular formula is C20H28N2O4S2+2. The van der Waals surface area contributed by atoms with Gasteiger partial charge in [-0.05, 0) is 24.3 Å². The Morgan fingerprint density at radius 1 is 0.571 bits per heavy atom. The predicted molar refractivity (Wildman–Crippen MR) is 108 cm³/mol. The second-order valence-corrected chi connectivity index (χ2v) is 11.5. The van der Waals surface area contributed by atoms with E-state index in [2.05, 4.69) is 0 Å². The molecule has 0 aromatic heterocycles. The van der Waals surface area contributed by atoms with E-state index in [0.29, 0.717) is 22.9 Å². The Bertz CT molecular complexity index is 872. The maximum absolute atomic E-state index is 12.4. The van der Waals surface area contributed by atoms with E-state index in [0.717, 1.165) is 26.2 Å². The van der Waals surface area contributed by atoms with Crippen LogP contribution in [0.3, 0.4) is 0 Å². The van der Waals surface area contributed by atoms with Crippen molar-refractivity contribution in [3.05, 3.63) is 60.7 Å². The Balaban J connectivity index is 1.44. The standard InChI is InChI=1S/C20H26N2O4S2/c23-27(24,19-7-3-1-4-8-19)17-15-21-11-13-22(14-12-21)16-18-28(25,26)20-9-5-2-6-10-20/h1-10H,11-18H2/p+2. The van der Waals surface area contributed by atoms with Gasteiger partial charge in [0, 0.05) is 0 Å². The molecule has 2 aromatic carbocycles. The summed E-state index contributed by atoms with van der Waals surface area (Å²) >= 11 is 0. The minimum atomic E-state index is -3.24. The van der Waals surface area contributed by atoms with Crippen molar-refractivity contribution in [3.63, 3.8) is 0 Å². The molecule has 152 valence electrons. The Hall–Kier alpha value is -1.74. The van der Waals surface area contributed by atoms with Gasteiger partial charge in [-0.25, -0.2) is 16.8 Å². The van der Waals surface area contributed by atoms with Crippen molar-refractivity contribution in [1.82, 2.24) is 0 Å². The maximum atomic E-state index is 12.4. The van der Waals surface area contributed by atoms with E-state index in [9.17, 15) is 16.8 Å². The molecule has 1 fully saturated rings. The minimum absolute atomic E-state index is 0.143. The molecule has 0 radical (unpaired) electrons. The van der Waals surface area contributed by atoms with Crippen LogP contribution in [0.1, 0.15) is 0 Å². The van der Waals surface area contributed by atoms with Gasteiger partial charge in [0.1, 0.15) is 37.7 Å². The molecule has 0 amide bonds. The van der Waals surface area contributed by atoms with Crippen LogP contribution in [0.5, 0.6) is 0 Å². The van der Waals surface area contributed by atoms with Crippen molar-refractivity contribution in [3.8, 4) is 0 Å². The number of piperazine rings is 1. The Kier molecular flexibility index (Phi) is 6.87. The van der Waals surface area contributed by atoms with Gasteiger partial charge in [0.2, 0.25) is 0 Å². The summed E-state index contributed by atoms with van der Waals surface area (Å²) in [5, 5.41) is 0. The van der Waals surface area contributed by atoms with Gasteiger partial charge in [0.15, 0.2) is 19.7 Å². The van der Waals surface area contributed by atoms with E-state index >= 15 is 0 Å². The average Bonchev–Trinajstić information content (AvgIpc) is 2.73. The zero-order chi connectivity index (χ0) is 20.0. The molecule has 0 atom stereocenters. The fourth-order valence-corrected chi connectivity index (χ4v) is 6.24. The summed E-state index contributed by atoms with van der Waals surface area (Å²) < 4.78 is 49.6. The highest BCUT2D eigenvalue weighted by Crippen LogP contribution is 2.09. The Labute approximate surface area is 167 Å². The average molecular weight is 425 g/mol. The highest BCUT2D eigenvalue weighted by Gasteiger charge is 2.26. The fraction of sp³-hybridized carbons (Fsp3) is 0.400. The molecule has 0 aliphatic carbocycles. The molecule has 1 aliphatic heterocycles. The molecule has 3 rings (SSSR count). The third kappa shape index (κ3) is 5.64. The third-order valence-corrected chi connectivity index (χ3v) is 8.78. The second-order valence-electron chi connectivity index (χ2n) is 7.26. The monoisotopic (exact) mass is 424 g/mol. The van der Waals surface area contributed by atoms with Crippen LogP contribution < -0.4 is 9.80 Å². The molecule has 8 heteroatoms. The van der Waals surface area contributed by atoms with E-state index in [1.165, 1.54) is 9.80 Å². The van der Waals surface area contributed by atoms with E-state index in [-0.39, 0.29) is 11.5 Å². The molecule has 2 N–H and O–H groups in total. The number of hydrogen-bond acceptors (Lipinski definition) is 4. The van der Waals surface area contributed by atoms with Crippen LogP contribution in [0.2, 0.25) is 0 Å². The van der Waals surface area contributed by atoms with Gasteiger partial charge in [0.25, 0.3) is 0 Å². The van der Waals surface area contributed by atoms with Gasteiger partial charge in [-0.2, -0.15) is 0 Å². The number of hydrogen-bond donors (Lipinski definition) is 2. The van der Waals surface area contributed by atoms with Crippen molar-refractivity contribution in [1.29, 1.82) is 0 Å². The topological polar surface area (TPSA) is 77.2 Å². The number of quaternary nitrogens is 2. The first-order valence-electron chi connectivity index (χ1n) is 9.59. The van der Waals surface area contributed by atoms with Gasteiger partial charge < -0.3 is 9.80 Å². The van der Waals surface area contributed by atoms with Crippen LogP contribution in [0, 0.1) is 0 Å². The van der Waals surface area contributed by atoms with E-state index in [1.54, 1.807) is 48.5 Å². The van der Waals surface area contributed by atoms with Gasteiger partial charge >= 0.3 is 0 Å². The summed E-state index contributed by atoms with van der Waals surface area (Å²) in [6, 6.07) is 17.1. The van der Waals surface area contributed by atoms with E-state index < -0.39 is 19.7 Å². The molecule has 0 bridgehead atoms. The maximum Gasteiger partial charge on any atom is 0.183 e. The van der Waals surface area contributed by atoms with Crippen LogP contribution >= 0.6 is 0 Å². The normalized spacial score (nSPS) is 20.7. The lowest BCUT2D eigenvalue weighted by Gasteiger charge is -2.29. The Morgan fingerprint density at radius 3 is 1.21 bits per heavy atom. The number of rotatable bonds is 8. The lowest BCUT2D eigenvalue weighted by molar-refractivity contribution is -1.01. The van der Waals surface area contributed by atoms with Crippen molar-refractivity contribution >= 4 is 19.7 Å². The molecule has 28 heavy (non-hydrogen) atoms. The molecule has 1 saturated heterocycles. The fourth-order valence-electron chi connectivity index (χ4n) is 3.51. The van der Waals surface area contributed by atoms with Crippen LogP contribution in [0.4, 0.5) is 0 Å². The highest BCUT2D eigenvalue weighted by atomic mass is 32.2. The van der Waals surface area contributed by atoms with E-state index in [4.69, 9.17) is 0 Å². The van der Waals surface area contributed by atoms with Crippen molar-refractivity contribution in [2.45, 2.75) is 9.79 Å². The van der Waals surface area contributed by atoms with Gasteiger partial charge in [-0.1, -0.05) is 36.4 Å². The van der Waals surface area contributed by atoms with Crippen LogP contribution in [0.25, 0.3) is 0 Å². The second kappa shape index (κ2) is 9.17. The van der Waals surface area contributed by atoms with Crippen molar-refractivity contribution < 1.29 is 26.6 Å². The van der Waals surface area contributed by atoms with Gasteiger partial charge in [-0.15, -0.1) is 0 Å². The summed E-state index contributed by atoms with van der Waals surface area (Å²) in [6.45, 7) is 4.64. The van der Waals surface area contributed by atoms with E-state index in [1.807, 2.05) is 12.1 Å². The predicted octanol–water partition coefficient (Wildman–Crippen LogP) is -1.28. The van der Waals surface area contributed by atoms with Crippen LogP contribution in [0.15, 0.2) is 70.5 Å². The summed E-state index contributed by atoms with van der Waals surface area (Å²) in [5.74, 6) is 0.286. The third-order valence-electron chi connectivity index (χ3n) is 5.32. The number of benzene rings is 2. The summed E-state index contributed by atoms with van der Waals surface area (Å²) in [6.07, 6.45) is 0. The minimum Gasteiger partial charge on any atom is -0.325 e.